The van der Waals surface area contributed by atoms with E-state index in [1.54, 1.807) is 0 Å². The molecule has 0 spiro atoms. The Labute approximate surface area is 145 Å². The highest BCUT2D eigenvalue weighted by molar-refractivity contribution is 5.73. The number of hydrogen-bond acceptors (Lipinski definition) is 3. The number of nitrogens with zero attached hydrogens (tertiary/aromatic N) is 3. The van der Waals surface area contributed by atoms with E-state index in [4.69, 9.17) is 0 Å². The van der Waals surface area contributed by atoms with Crippen LogP contribution < -0.4 is 10.6 Å². The number of halogens is 3. The second-order valence-electron chi connectivity index (χ2n) is 6.66. The molecule has 0 aromatic carbocycles. The summed E-state index contributed by atoms with van der Waals surface area (Å²) >= 11 is 0. The third-order valence-corrected chi connectivity index (χ3v) is 4.64. The number of aryl methyl sites for hydroxylation is 2. The minimum absolute atomic E-state index is 0.0657. The van der Waals surface area contributed by atoms with Crippen LogP contribution in [0.25, 0.3) is 0 Å². The summed E-state index contributed by atoms with van der Waals surface area (Å²) in [4.78, 5) is 13.2. The van der Waals surface area contributed by atoms with E-state index in [-0.39, 0.29) is 11.9 Å². The number of carbonyl (C=O) groups excluding carboxylic acids is 1. The van der Waals surface area contributed by atoms with Gasteiger partial charge in [0.2, 0.25) is 0 Å². The van der Waals surface area contributed by atoms with Crippen LogP contribution >= 0.6 is 0 Å². The molecule has 2 amide bonds. The molecule has 1 aliphatic rings. The fourth-order valence-corrected chi connectivity index (χ4v) is 3.26. The van der Waals surface area contributed by atoms with Gasteiger partial charge < -0.3 is 10.6 Å². The molecule has 0 radical (unpaired) electrons. The van der Waals surface area contributed by atoms with Crippen molar-refractivity contribution in [1.82, 2.24) is 25.3 Å². The maximum atomic E-state index is 12.4. The lowest BCUT2D eigenvalue weighted by atomic mass is 10.1. The molecular weight excluding hydrogens is 335 g/mol. The molecule has 2 rings (SSSR count). The summed E-state index contributed by atoms with van der Waals surface area (Å²) in [7, 11) is 1.88. The molecule has 25 heavy (non-hydrogen) atoms. The van der Waals surface area contributed by atoms with Crippen molar-refractivity contribution < 1.29 is 18.0 Å². The number of aromatic nitrogens is 2. The molecule has 1 aromatic heterocycles. The quantitative estimate of drug-likeness (QED) is 0.812. The van der Waals surface area contributed by atoms with Gasteiger partial charge in [0.1, 0.15) is 0 Å². The summed E-state index contributed by atoms with van der Waals surface area (Å²) in [5.74, 6) is 0.0657. The van der Waals surface area contributed by atoms with E-state index in [2.05, 4.69) is 15.7 Å². The number of amides is 2. The van der Waals surface area contributed by atoms with Crippen molar-refractivity contribution in [3.8, 4) is 0 Å². The molecule has 2 N–H and O–H groups in total. The lowest BCUT2D eigenvalue weighted by Crippen LogP contribution is -2.40. The maximum absolute atomic E-state index is 12.4. The highest BCUT2D eigenvalue weighted by atomic mass is 19.4. The van der Waals surface area contributed by atoms with Gasteiger partial charge in [-0.15, -0.1) is 0 Å². The number of likely N-dealkylation sites (tertiary alicyclic amines) is 1. The Hall–Kier alpha value is -1.77. The normalized spacial score (nSPS) is 18.6. The first kappa shape index (κ1) is 19.6. The first-order valence-corrected chi connectivity index (χ1v) is 8.45. The van der Waals surface area contributed by atoms with E-state index < -0.39 is 12.7 Å². The predicted molar refractivity (Wildman–Crippen MR) is 88.4 cm³/mol. The van der Waals surface area contributed by atoms with Crippen LogP contribution in [0.2, 0.25) is 0 Å². The van der Waals surface area contributed by atoms with E-state index in [0.717, 1.165) is 17.0 Å². The zero-order valence-corrected chi connectivity index (χ0v) is 14.9. The van der Waals surface area contributed by atoms with Crippen LogP contribution in [0.15, 0.2) is 0 Å². The minimum atomic E-state index is -4.16. The van der Waals surface area contributed by atoms with E-state index in [9.17, 15) is 18.0 Å². The van der Waals surface area contributed by atoms with Crippen molar-refractivity contribution in [1.29, 1.82) is 0 Å². The Balaban J connectivity index is 1.65. The summed E-state index contributed by atoms with van der Waals surface area (Å²) in [5, 5.41) is 9.87. The first-order chi connectivity index (χ1) is 11.7. The third kappa shape index (κ3) is 5.91. The van der Waals surface area contributed by atoms with Gasteiger partial charge >= 0.3 is 12.2 Å². The molecule has 0 bridgehead atoms. The second-order valence-corrected chi connectivity index (χ2v) is 6.66. The zero-order chi connectivity index (χ0) is 18.6. The van der Waals surface area contributed by atoms with Crippen molar-refractivity contribution in [3.63, 3.8) is 0 Å². The van der Waals surface area contributed by atoms with Gasteiger partial charge in [-0.3, -0.25) is 9.58 Å². The number of hydrogen-bond donors (Lipinski definition) is 2. The fraction of sp³-hybridized carbons (Fsp3) is 0.750. The molecule has 1 aliphatic heterocycles. The summed E-state index contributed by atoms with van der Waals surface area (Å²) in [5.41, 5.74) is 3.16. The highest BCUT2D eigenvalue weighted by Gasteiger charge is 2.34. The molecule has 6 nitrogen and oxygen atoms in total. The lowest BCUT2D eigenvalue weighted by Gasteiger charge is -2.18. The van der Waals surface area contributed by atoms with E-state index in [0.29, 0.717) is 39.0 Å². The van der Waals surface area contributed by atoms with E-state index >= 15 is 0 Å². The van der Waals surface area contributed by atoms with Gasteiger partial charge in [0, 0.05) is 32.4 Å². The minimum Gasteiger partial charge on any atom is -0.338 e. The number of rotatable bonds is 6. The molecule has 1 aromatic rings. The summed E-state index contributed by atoms with van der Waals surface area (Å²) in [6.45, 7) is 4.73. The second kappa shape index (κ2) is 8.07. The summed E-state index contributed by atoms with van der Waals surface area (Å²) in [6.07, 6.45) is -2.80. The Morgan fingerprint density at radius 3 is 2.64 bits per heavy atom. The molecule has 1 fully saturated rings. The molecule has 1 atom stereocenters. The van der Waals surface area contributed by atoms with Gasteiger partial charge in [0.05, 0.1) is 12.2 Å². The largest absolute Gasteiger partial charge is 0.401 e. The molecule has 0 aliphatic carbocycles. The molecule has 9 heteroatoms. The Kier molecular flexibility index (Phi) is 6.31. The van der Waals surface area contributed by atoms with Gasteiger partial charge in [-0.2, -0.15) is 18.3 Å². The third-order valence-electron chi connectivity index (χ3n) is 4.64. The van der Waals surface area contributed by atoms with Crippen molar-refractivity contribution in [3.05, 3.63) is 17.0 Å². The molecule has 1 saturated heterocycles. The first-order valence-electron chi connectivity index (χ1n) is 8.45. The van der Waals surface area contributed by atoms with Crippen molar-refractivity contribution in [2.24, 2.45) is 13.0 Å². The number of nitrogens with one attached hydrogen (secondary N) is 2. The number of alkyl halides is 3. The monoisotopic (exact) mass is 361 g/mol. The molecule has 1 unspecified atom stereocenters. The molecule has 2 heterocycles. The van der Waals surface area contributed by atoms with Crippen LogP contribution in [0.1, 0.15) is 23.4 Å². The van der Waals surface area contributed by atoms with Gasteiger partial charge in [-0.25, -0.2) is 4.79 Å². The van der Waals surface area contributed by atoms with E-state index in [1.807, 2.05) is 25.6 Å². The average Bonchev–Trinajstić information content (AvgIpc) is 3.02. The Morgan fingerprint density at radius 2 is 2.04 bits per heavy atom. The Morgan fingerprint density at radius 1 is 1.32 bits per heavy atom. The predicted octanol–water partition coefficient (Wildman–Crippen LogP) is 1.76. The van der Waals surface area contributed by atoms with Crippen LogP contribution in [-0.4, -0.2) is 59.6 Å². The van der Waals surface area contributed by atoms with Crippen LogP contribution in [0.3, 0.4) is 0 Å². The van der Waals surface area contributed by atoms with Gasteiger partial charge in [0.15, 0.2) is 0 Å². The maximum Gasteiger partial charge on any atom is 0.401 e. The zero-order valence-electron chi connectivity index (χ0n) is 14.9. The average molecular weight is 361 g/mol. The van der Waals surface area contributed by atoms with E-state index in [1.165, 1.54) is 4.90 Å². The number of urea groups is 1. The molecule has 0 saturated carbocycles. The highest BCUT2D eigenvalue weighted by Crippen LogP contribution is 2.22. The number of carbonyl (C=O) groups is 1. The van der Waals surface area contributed by atoms with Crippen molar-refractivity contribution in [2.75, 3.05) is 32.7 Å². The van der Waals surface area contributed by atoms with Crippen LogP contribution in [0.5, 0.6) is 0 Å². The van der Waals surface area contributed by atoms with Gasteiger partial charge in [-0.1, -0.05) is 0 Å². The van der Waals surface area contributed by atoms with Crippen molar-refractivity contribution in [2.45, 2.75) is 32.9 Å². The Bertz CT molecular complexity index is 599. The smallest absolute Gasteiger partial charge is 0.338 e. The molecular formula is C16H26F3N5O. The summed E-state index contributed by atoms with van der Waals surface area (Å²) in [6, 6.07) is -0.284. The molecule has 142 valence electrons. The standard InChI is InChI=1S/C16H26F3N5O/c1-11-14(12(2)23(3)22-11)4-6-20-15(25)21-8-13-5-7-24(9-13)10-16(17,18)19/h13H,4-10H2,1-3H3,(H2,20,21,25). The van der Waals surface area contributed by atoms with Gasteiger partial charge in [-0.05, 0) is 44.7 Å². The fourth-order valence-electron chi connectivity index (χ4n) is 3.26. The SMILES string of the molecule is Cc1nn(C)c(C)c1CCNC(=O)NCC1CCN(CC(F)(F)F)C1. The topological polar surface area (TPSA) is 62.2 Å². The van der Waals surface area contributed by atoms with Crippen molar-refractivity contribution >= 4 is 6.03 Å². The van der Waals surface area contributed by atoms with Crippen LogP contribution in [0, 0.1) is 19.8 Å². The lowest BCUT2D eigenvalue weighted by molar-refractivity contribution is -0.143. The summed E-state index contributed by atoms with van der Waals surface area (Å²) < 4.78 is 38.9. The van der Waals surface area contributed by atoms with Crippen LogP contribution in [0.4, 0.5) is 18.0 Å². The van der Waals surface area contributed by atoms with Crippen LogP contribution in [-0.2, 0) is 13.5 Å². The van der Waals surface area contributed by atoms with Gasteiger partial charge in [0.25, 0.3) is 0 Å².